The summed E-state index contributed by atoms with van der Waals surface area (Å²) in [4.78, 5) is 11.8. The van der Waals surface area contributed by atoms with Crippen LogP contribution in [0.5, 0.6) is 0 Å². The summed E-state index contributed by atoms with van der Waals surface area (Å²) in [5, 5.41) is 20.2. The molecule has 0 saturated carbocycles. The highest BCUT2D eigenvalue weighted by Crippen LogP contribution is 2.34. The topological polar surface area (TPSA) is 66.8 Å². The van der Waals surface area contributed by atoms with Crippen LogP contribution in [0.4, 0.5) is 0 Å². The molecule has 2 rings (SSSR count). The van der Waals surface area contributed by atoms with Gasteiger partial charge in [0.1, 0.15) is 18.0 Å². The van der Waals surface area contributed by atoms with Gasteiger partial charge in [0.05, 0.1) is 6.10 Å². The molecule has 0 amide bonds. The fourth-order valence-electron chi connectivity index (χ4n) is 3.05. The molecule has 2 unspecified atom stereocenters. The summed E-state index contributed by atoms with van der Waals surface area (Å²) < 4.78 is 5.75. The van der Waals surface area contributed by atoms with E-state index in [2.05, 4.69) is 6.92 Å². The first-order chi connectivity index (χ1) is 9.63. The Hall–Kier alpha value is -0.870. The van der Waals surface area contributed by atoms with E-state index >= 15 is 0 Å². The number of rotatable bonds is 6. The average molecular weight is 282 g/mol. The van der Waals surface area contributed by atoms with Gasteiger partial charge in [0, 0.05) is 12.0 Å². The Morgan fingerprint density at radius 3 is 2.80 bits per heavy atom. The monoisotopic (exact) mass is 282 g/mol. The van der Waals surface area contributed by atoms with Crippen LogP contribution in [0.1, 0.15) is 64.7 Å². The zero-order chi connectivity index (χ0) is 14.5. The fourth-order valence-corrected chi connectivity index (χ4v) is 3.05. The second kappa shape index (κ2) is 7.23. The van der Waals surface area contributed by atoms with E-state index in [4.69, 9.17) is 4.74 Å². The Kier molecular flexibility index (Phi) is 5.61. The molecule has 0 saturated heterocycles. The minimum Gasteiger partial charge on any atom is -0.489 e. The van der Waals surface area contributed by atoms with Gasteiger partial charge in [-0.2, -0.15) is 0 Å². The van der Waals surface area contributed by atoms with Crippen molar-refractivity contribution in [2.24, 2.45) is 0 Å². The van der Waals surface area contributed by atoms with Crippen molar-refractivity contribution in [3.05, 3.63) is 11.3 Å². The highest BCUT2D eigenvalue weighted by atomic mass is 16.5. The fraction of sp³-hybridized carbons (Fsp3) is 0.812. The van der Waals surface area contributed by atoms with Gasteiger partial charge < -0.3 is 14.9 Å². The molecular weight excluding hydrogens is 256 g/mol. The van der Waals surface area contributed by atoms with Gasteiger partial charge in [0.25, 0.3) is 0 Å². The van der Waals surface area contributed by atoms with Gasteiger partial charge in [0.15, 0.2) is 5.78 Å². The molecule has 1 heterocycles. The zero-order valence-electron chi connectivity index (χ0n) is 12.3. The molecule has 0 spiro atoms. The lowest BCUT2D eigenvalue weighted by molar-refractivity contribution is -0.120. The molecule has 0 aromatic rings. The Balaban J connectivity index is 1.89. The van der Waals surface area contributed by atoms with Crippen molar-refractivity contribution in [2.45, 2.75) is 83.0 Å². The van der Waals surface area contributed by atoms with Gasteiger partial charge in [-0.25, -0.2) is 0 Å². The molecule has 0 aromatic carbocycles. The lowest BCUT2D eigenvalue weighted by atomic mass is 9.87. The predicted octanol–water partition coefficient (Wildman–Crippen LogP) is 2.47. The number of hydrogen-bond donors (Lipinski definition) is 2. The van der Waals surface area contributed by atoms with E-state index in [0.29, 0.717) is 37.0 Å². The highest BCUT2D eigenvalue weighted by molar-refractivity contribution is 5.97. The molecule has 0 fully saturated rings. The summed E-state index contributed by atoms with van der Waals surface area (Å²) in [5.41, 5.74) is 0.651. The molecule has 2 aliphatic rings. The van der Waals surface area contributed by atoms with Crippen LogP contribution in [-0.2, 0) is 9.53 Å². The molecule has 0 aromatic heterocycles. The third-order valence-electron chi connectivity index (χ3n) is 4.32. The maximum Gasteiger partial charge on any atom is 0.162 e. The van der Waals surface area contributed by atoms with Crippen LogP contribution in [0.15, 0.2) is 11.3 Å². The highest BCUT2D eigenvalue weighted by Gasteiger charge is 2.36. The number of aliphatic hydroxyl groups excluding tert-OH is 2. The molecule has 2 N–H and O–H groups in total. The van der Waals surface area contributed by atoms with Crippen molar-refractivity contribution in [2.75, 3.05) is 0 Å². The second-order valence-electron chi connectivity index (χ2n) is 5.93. The van der Waals surface area contributed by atoms with Crippen LogP contribution >= 0.6 is 0 Å². The lowest BCUT2D eigenvalue weighted by Crippen LogP contribution is -2.37. The largest absolute Gasteiger partial charge is 0.489 e. The Bertz CT molecular complexity index is 375. The van der Waals surface area contributed by atoms with Crippen LogP contribution in [0.2, 0.25) is 0 Å². The van der Waals surface area contributed by atoms with E-state index in [1.165, 1.54) is 12.8 Å². The summed E-state index contributed by atoms with van der Waals surface area (Å²) in [6.07, 6.45) is 5.97. The van der Waals surface area contributed by atoms with Crippen LogP contribution in [0.25, 0.3) is 0 Å². The Morgan fingerprint density at radius 1 is 1.25 bits per heavy atom. The summed E-state index contributed by atoms with van der Waals surface area (Å²) in [5.74, 6) is 0.534. The van der Waals surface area contributed by atoms with E-state index < -0.39 is 12.2 Å². The Labute approximate surface area is 120 Å². The molecule has 4 nitrogen and oxygen atoms in total. The van der Waals surface area contributed by atoms with Gasteiger partial charge in [-0.15, -0.1) is 0 Å². The number of aliphatic hydroxyl groups is 2. The van der Waals surface area contributed by atoms with E-state index in [1.807, 2.05) is 0 Å². The van der Waals surface area contributed by atoms with Gasteiger partial charge >= 0.3 is 0 Å². The first-order valence-electron chi connectivity index (χ1n) is 7.92. The van der Waals surface area contributed by atoms with Crippen molar-refractivity contribution >= 4 is 5.78 Å². The maximum atomic E-state index is 11.8. The predicted molar refractivity (Wildman–Crippen MR) is 76.1 cm³/mol. The number of allylic oxidation sites excluding steroid dienone is 1. The first-order valence-corrected chi connectivity index (χ1v) is 7.92. The van der Waals surface area contributed by atoms with E-state index in [-0.39, 0.29) is 11.9 Å². The van der Waals surface area contributed by atoms with Crippen molar-refractivity contribution in [1.29, 1.82) is 0 Å². The van der Waals surface area contributed by atoms with Crippen LogP contribution < -0.4 is 0 Å². The van der Waals surface area contributed by atoms with Gasteiger partial charge in [-0.05, 0) is 25.7 Å². The van der Waals surface area contributed by atoms with E-state index in [9.17, 15) is 15.0 Å². The molecule has 1 aliphatic heterocycles. The minimum atomic E-state index is -0.669. The van der Waals surface area contributed by atoms with Gasteiger partial charge in [-0.1, -0.05) is 32.6 Å². The number of carbonyl (C=O) groups is 1. The van der Waals surface area contributed by atoms with E-state index in [1.54, 1.807) is 0 Å². The summed E-state index contributed by atoms with van der Waals surface area (Å²) in [6, 6.07) is 0. The first kappa shape index (κ1) is 15.5. The second-order valence-corrected chi connectivity index (χ2v) is 5.93. The van der Waals surface area contributed by atoms with Crippen molar-refractivity contribution < 1.29 is 19.7 Å². The molecule has 1 aliphatic carbocycles. The smallest absolute Gasteiger partial charge is 0.162 e. The van der Waals surface area contributed by atoms with Gasteiger partial charge in [0.2, 0.25) is 0 Å². The van der Waals surface area contributed by atoms with E-state index in [0.717, 1.165) is 19.3 Å². The normalized spacial score (nSPS) is 28.1. The third-order valence-corrected chi connectivity index (χ3v) is 4.32. The van der Waals surface area contributed by atoms with Crippen LogP contribution in [0, 0.1) is 0 Å². The molecule has 3 atom stereocenters. The minimum absolute atomic E-state index is 0.0983. The summed E-state index contributed by atoms with van der Waals surface area (Å²) >= 11 is 0. The maximum absolute atomic E-state index is 11.8. The van der Waals surface area contributed by atoms with Crippen molar-refractivity contribution in [3.8, 4) is 0 Å². The molecular formula is C16H26O4. The van der Waals surface area contributed by atoms with Gasteiger partial charge in [-0.3, -0.25) is 4.79 Å². The van der Waals surface area contributed by atoms with Crippen molar-refractivity contribution in [3.63, 3.8) is 0 Å². The standard InChI is InChI=1S/C16H26O4/c1-2-3-4-5-6-13(18)15-10-7-11-12(17)8-9-14(19)16(11)20-15/h13-15,18-19H,2-10H2,1H3/t13?,14?,15-/m0/s1. The molecule has 20 heavy (non-hydrogen) atoms. The number of ketones is 1. The number of hydrogen-bond acceptors (Lipinski definition) is 4. The third kappa shape index (κ3) is 3.61. The number of ether oxygens (including phenoxy) is 1. The average Bonchev–Trinajstić information content (AvgIpc) is 2.47. The summed E-state index contributed by atoms with van der Waals surface area (Å²) in [7, 11) is 0. The lowest BCUT2D eigenvalue weighted by Gasteiger charge is -2.35. The molecule has 0 radical (unpaired) electrons. The summed E-state index contributed by atoms with van der Waals surface area (Å²) in [6.45, 7) is 2.16. The molecule has 114 valence electrons. The number of Topliss-reactive ketones (excluding diaryl/α,β-unsaturated/α-hetero) is 1. The number of unbranched alkanes of at least 4 members (excludes halogenated alkanes) is 3. The molecule has 4 heteroatoms. The van der Waals surface area contributed by atoms with Crippen LogP contribution in [0.3, 0.4) is 0 Å². The molecule has 0 bridgehead atoms. The number of carbonyl (C=O) groups excluding carboxylic acids is 1. The zero-order valence-corrected chi connectivity index (χ0v) is 12.3. The quantitative estimate of drug-likeness (QED) is 0.734. The SMILES string of the molecule is CCCCCCC(O)[C@@H]1CCC2=C(O1)C(O)CCC2=O. The van der Waals surface area contributed by atoms with Crippen molar-refractivity contribution in [1.82, 2.24) is 0 Å². The van der Waals surface area contributed by atoms with Crippen LogP contribution in [-0.4, -0.2) is 34.3 Å². The Morgan fingerprint density at radius 2 is 2.05 bits per heavy atom.